The standard InChI is InChI=1S/C56H36N2O/c1-4-15-37(16-5-1)42-21-14-22-44(33-42)53-36-52(57-56(58-53)41-19-8-3-9-20-41)40-29-27-39(28-30-40)50-35-51-48-32-31-43(34-54(48)59-55(51)49-26-13-12-25-47(49)50)46-24-11-10-23-45(46)38-17-6-2-7-18-38/h1-36H. The molecule has 3 nitrogen and oxygen atoms in total. The lowest BCUT2D eigenvalue weighted by Gasteiger charge is -2.12. The Bertz CT molecular complexity index is 3300. The first-order valence-electron chi connectivity index (χ1n) is 20.0. The van der Waals surface area contributed by atoms with Gasteiger partial charge in [-0.25, -0.2) is 9.97 Å². The van der Waals surface area contributed by atoms with E-state index in [-0.39, 0.29) is 0 Å². The van der Waals surface area contributed by atoms with Crippen molar-refractivity contribution in [3.63, 3.8) is 0 Å². The van der Waals surface area contributed by atoms with Gasteiger partial charge in [0, 0.05) is 32.8 Å². The molecule has 0 spiro atoms. The zero-order valence-corrected chi connectivity index (χ0v) is 32.1. The quantitative estimate of drug-likeness (QED) is 0.163. The average Bonchev–Trinajstić information content (AvgIpc) is 3.70. The number of nitrogens with zero attached hydrogens (tertiary/aromatic N) is 2. The molecule has 2 aromatic heterocycles. The molecule has 11 aromatic rings. The molecule has 0 fully saturated rings. The van der Waals surface area contributed by atoms with E-state index in [2.05, 4.69) is 194 Å². The van der Waals surface area contributed by atoms with Crippen molar-refractivity contribution < 1.29 is 4.42 Å². The first kappa shape index (κ1) is 34.4. The summed E-state index contributed by atoms with van der Waals surface area (Å²) < 4.78 is 6.75. The van der Waals surface area contributed by atoms with Crippen LogP contribution in [0.2, 0.25) is 0 Å². The van der Waals surface area contributed by atoms with Crippen molar-refractivity contribution >= 4 is 32.7 Å². The summed E-state index contributed by atoms with van der Waals surface area (Å²) in [6, 6.07) is 76.8. The topological polar surface area (TPSA) is 38.9 Å². The molecule has 0 atom stereocenters. The minimum atomic E-state index is 0.697. The molecule has 9 aromatic carbocycles. The predicted molar refractivity (Wildman–Crippen MR) is 245 cm³/mol. The molecule has 2 heterocycles. The van der Waals surface area contributed by atoms with Crippen molar-refractivity contribution in [3.05, 3.63) is 218 Å². The van der Waals surface area contributed by atoms with Crippen molar-refractivity contribution in [1.29, 1.82) is 0 Å². The first-order chi connectivity index (χ1) is 29.2. The number of rotatable bonds is 7. The Labute approximate surface area is 342 Å². The van der Waals surface area contributed by atoms with E-state index in [4.69, 9.17) is 14.4 Å². The van der Waals surface area contributed by atoms with Crippen LogP contribution >= 0.6 is 0 Å². The molecule has 0 aliphatic carbocycles. The van der Waals surface area contributed by atoms with Crippen LogP contribution in [0.25, 0.3) is 111 Å². The van der Waals surface area contributed by atoms with E-state index in [0.29, 0.717) is 5.82 Å². The summed E-state index contributed by atoms with van der Waals surface area (Å²) in [6.07, 6.45) is 0. The highest BCUT2D eigenvalue weighted by atomic mass is 16.3. The number of furan rings is 1. The largest absolute Gasteiger partial charge is 0.455 e. The second-order valence-electron chi connectivity index (χ2n) is 14.9. The Morgan fingerprint density at radius 1 is 0.271 bits per heavy atom. The molecule has 0 aliphatic heterocycles. The second kappa shape index (κ2) is 14.6. The Hall–Kier alpha value is -7.88. The van der Waals surface area contributed by atoms with Crippen LogP contribution in [0, 0.1) is 0 Å². The third-order valence-electron chi connectivity index (χ3n) is 11.3. The fourth-order valence-corrected chi connectivity index (χ4v) is 8.38. The van der Waals surface area contributed by atoms with Gasteiger partial charge in [-0.3, -0.25) is 0 Å². The zero-order valence-electron chi connectivity index (χ0n) is 32.1. The SMILES string of the molecule is c1ccc(-c2cccc(-c3cc(-c4ccc(-c5cc6c7ccc(-c8ccccc8-c8ccccc8)cc7oc6c6ccccc56)cc4)nc(-c4ccccc4)n3)c2)cc1. The van der Waals surface area contributed by atoms with Gasteiger partial charge >= 0.3 is 0 Å². The second-order valence-corrected chi connectivity index (χ2v) is 14.9. The lowest BCUT2D eigenvalue weighted by molar-refractivity contribution is 0.673. The molecule has 276 valence electrons. The monoisotopic (exact) mass is 752 g/mol. The molecular formula is C56H36N2O. The lowest BCUT2D eigenvalue weighted by Crippen LogP contribution is -1.96. The van der Waals surface area contributed by atoms with Crippen molar-refractivity contribution in [1.82, 2.24) is 9.97 Å². The third-order valence-corrected chi connectivity index (χ3v) is 11.3. The fourth-order valence-electron chi connectivity index (χ4n) is 8.38. The summed E-state index contributed by atoms with van der Waals surface area (Å²) in [4.78, 5) is 10.2. The summed E-state index contributed by atoms with van der Waals surface area (Å²) in [6.45, 7) is 0. The number of benzene rings is 9. The highest BCUT2D eigenvalue weighted by molar-refractivity contribution is 6.19. The molecule has 0 amide bonds. The van der Waals surface area contributed by atoms with E-state index >= 15 is 0 Å². The van der Waals surface area contributed by atoms with Gasteiger partial charge in [-0.1, -0.05) is 188 Å². The smallest absolute Gasteiger partial charge is 0.160 e. The molecule has 3 heteroatoms. The number of hydrogen-bond acceptors (Lipinski definition) is 3. The van der Waals surface area contributed by atoms with Gasteiger partial charge in [-0.2, -0.15) is 0 Å². The highest BCUT2D eigenvalue weighted by Crippen LogP contribution is 2.42. The molecular weight excluding hydrogens is 717 g/mol. The van der Waals surface area contributed by atoms with E-state index in [1.807, 2.05) is 24.3 Å². The summed E-state index contributed by atoms with van der Waals surface area (Å²) >= 11 is 0. The zero-order chi connectivity index (χ0) is 39.1. The Morgan fingerprint density at radius 2 is 0.797 bits per heavy atom. The number of hydrogen-bond donors (Lipinski definition) is 0. The van der Waals surface area contributed by atoms with Gasteiger partial charge in [-0.15, -0.1) is 0 Å². The van der Waals surface area contributed by atoms with Crippen LogP contribution in [0.15, 0.2) is 223 Å². The normalized spacial score (nSPS) is 11.4. The molecule has 0 bridgehead atoms. The maximum absolute atomic E-state index is 6.75. The van der Waals surface area contributed by atoms with Crippen LogP contribution in [-0.4, -0.2) is 9.97 Å². The minimum Gasteiger partial charge on any atom is -0.455 e. The van der Waals surface area contributed by atoms with Crippen LogP contribution in [0.3, 0.4) is 0 Å². The van der Waals surface area contributed by atoms with Crippen molar-refractivity contribution in [2.24, 2.45) is 0 Å². The van der Waals surface area contributed by atoms with Gasteiger partial charge in [0.05, 0.1) is 11.4 Å². The lowest BCUT2D eigenvalue weighted by atomic mass is 9.93. The summed E-state index contributed by atoms with van der Waals surface area (Å²) in [5, 5.41) is 4.45. The maximum Gasteiger partial charge on any atom is 0.160 e. The Morgan fingerprint density at radius 3 is 1.53 bits per heavy atom. The molecule has 0 N–H and O–H groups in total. The number of fused-ring (bicyclic) bond motifs is 5. The van der Waals surface area contributed by atoms with Gasteiger partial charge in [-0.05, 0) is 80.2 Å². The van der Waals surface area contributed by atoms with Gasteiger partial charge in [0.25, 0.3) is 0 Å². The van der Waals surface area contributed by atoms with E-state index in [1.54, 1.807) is 0 Å². The van der Waals surface area contributed by atoms with E-state index < -0.39 is 0 Å². The first-order valence-corrected chi connectivity index (χ1v) is 20.0. The third kappa shape index (κ3) is 6.36. The van der Waals surface area contributed by atoms with Gasteiger partial charge in [0.1, 0.15) is 11.2 Å². The highest BCUT2D eigenvalue weighted by Gasteiger charge is 2.17. The summed E-state index contributed by atoms with van der Waals surface area (Å²) in [7, 11) is 0. The van der Waals surface area contributed by atoms with Crippen molar-refractivity contribution in [3.8, 4) is 78.4 Å². The molecule has 59 heavy (non-hydrogen) atoms. The van der Waals surface area contributed by atoms with Crippen LogP contribution in [0.1, 0.15) is 0 Å². The average molecular weight is 753 g/mol. The van der Waals surface area contributed by atoms with Gasteiger partial charge < -0.3 is 4.42 Å². The van der Waals surface area contributed by atoms with Crippen LogP contribution < -0.4 is 0 Å². The summed E-state index contributed by atoms with van der Waals surface area (Å²) in [5.74, 6) is 0.697. The predicted octanol–water partition coefficient (Wildman–Crippen LogP) is 15.2. The van der Waals surface area contributed by atoms with Gasteiger partial charge in [0.15, 0.2) is 5.82 Å². The molecule has 0 saturated carbocycles. The van der Waals surface area contributed by atoms with E-state index in [9.17, 15) is 0 Å². The summed E-state index contributed by atoms with van der Waals surface area (Å²) in [5.41, 5.74) is 15.9. The Kier molecular flexibility index (Phi) is 8.49. The molecule has 0 aliphatic rings. The molecule has 0 radical (unpaired) electrons. The van der Waals surface area contributed by atoms with Crippen molar-refractivity contribution in [2.45, 2.75) is 0 Å². The van der Waals surface area contributed by atoms with E-state index in [1.165, 1.54) is 22.3 Å². The van der Waals surface area contributed by atoms with Crippen LogP contribution in [0.4, 0.5) is 0 Å². The maximum atomic E-state index is 6.75. The van der Waals surface area contributed by atoms with Crippen molar-refractivity contribution in [2.75, 3.05) is 0 Å². The number of aromatic nitrogens is 2. The van der Waals surface area contributed by atoms with E-state index in [0.717, 1.165) is 83.0 Å². The van der Waals surface area contributed by atoms with Gasteiger partial charge in [0.2, 0.25) is 0 Å². The molecule has 11 rings (SSSR count). The van der Waals surface area contributed by atoms with Crippen LogP contribution in [-0.2, 0) is 0 Å². The van der Waals surface area contributed by atoms with Crippen LogP contribution in [0.5, 0.6) is 0 Å². The molecule has 0 unspecified atom stereocenters. The molecule has 0 saturated heterocycles. The Balaban J connectivity index is 1.00. The minimum absolute atomic E-state index is 0.697. The fraction of sp³-hybridized carbons (Fsp3) is 0.